The highest BCUT2D eigenvalue weighted by Gasteiger charge is 2.18. The number of anilines is 1. The number of halogens is 2. The SMILES string of the molecule is COc1cccc(NS(=O)(=O)c2ccc(Br)cc2Cl)c1. The standard InChI is InChI=1S/C13H11BrClNO3S/c1-19-11-4-2-3-10(8-11)16-20(17,18)13-6-5-9(14)7-12(13)15/h2-8,16H,1H3. The summed E-state index contributed by atoms with van der Waals surface area (Å²) in [6, 6.07) is 11.2. The van der Waals surface area contributed by atoms with Crippen molar-refractivity contribution in [3.8, 4) is 5.75 Å². The van der Waals surface area contributed by atoms with Gasteiger partial charge in [0.25, 0.3) is 10.0 Å². The predicted octanol–water partition coefficient (Wildman–Crippen LogP) is 3.91. The fourth-order valence-corrected chi connectivity index (χ4v) is 3.68. The van der Waals surface area contributed by atoms with Crippen LogP contribution in [0.5, 0.6) is 5.75 Å². The lowest BCUT2D eigenvalue weighted by molar-refractivity contribution is 0.415. The normalized spacial score (nSPS) is 11.2. The van der Waals surface area contributed by atoms with Gasteiger partial charge >= 0.3 is 0 Å². The van der Waals surface area contributed by atoms with E-state index >= 15 is 0 Å². The van der Waals surface area contributed by atoms with Gasteiger partial charge in [-0.3, -0.25) is 4.72 Å². The van der Waals surface area contributed by atoms with Gasteiger partial charge in [0.1, 0.15) is 10.6 Å². The molecule has 0 aliphatic heterocycles. The van der Waals surface area contributed by atoms with Crippen molar-refractivity contribution in [3.63, 3.8) is 0 Å². The zero-order chi connectivity index (χ0) is 14.8. The van der Waals surface area contributed by atoms with E-state index in [0.29, 0.717) is 15.9 Å². The number of benzene rings is 2. The molecule has 0 bridgehead atoms. The minimum Gasteiger partial charge on any atom is -0.497 e. The molecule has 0 amide bonds. The summed E-state index contributed by atoms with van der Waals surface area (Å²) in [7, 11) is -2.23. The van der Waals surface area contributed by atoms with Crippen LogP contribution in [0.15, 0.2) is 51.8 Å². The Morgan fingerprint density at radius 1 is 1.20 bits per heavy atom. The summed E-state index contributed by atoms with van der Waals surface area (Å²) in [6.07, 6.45) is 0. The Balaban J connectivity index is 2.35. The molecule has 2 aromatic carbocycles. The van der Waals surface area contributed by atoms with Gasteiger partial charge in [0.15, 0.2) is 0 Å². The van der Waals surface area contributed by atoms with Crippen LogP contribution >= 0.6 is 27.5 Å². The molecule has 2 rings (SSSR count). The van der Waals surface area contributed by atoms with E-state index in [1.807, 2.05) is 0 Å². The van der Waals surface area contributed by atoms with Gasteiger partial charge in [-0.05, 0) is 30.3 Å². The summed E-state index contributed by atoms with van der Waals surface area (Å²) < 4.78 is 32.8. The van der Waals surface area contributed by atoms with Crippen molar-refractivity contribution >= 4 is 43.2 Å². The largest absolute Gasteiger partial charge is 0.497 e. The Hall–Kier alpha value is -1.24. The first-order chi connectivity index (χ1) is 9.42. The molecular weight excluding hydrogens is 366 g/mol. The van der Waals surface area contributed by atoms with Crippen LogP contribution in [-0.2, 0) is 10.0 Å². The molecule has 0 saturated carbocycles. The van der Waals surface area contributed by atoms with Gasteiger partial charge in [0.05, 0.1) is 17.8 Å². The predicted molar refractivity (Wildman–Crippen MR) is 83.0 cm³/mol. The topological polar surface area (TPSA) is 55.4 Å². The van der Waals surface area contributed by atoms with Crippen LogP contribution in [0.1, 0.15) is 0 Å². The van der Waals surface area contributed by atoms with Gasteiger partial charge in [0.2, 0.25) is 0 Å². The monoisotopic (exact) mass is 375 g/mol. The summed E-state index contributed by atoms with van der Waals surface area (Å²) in [5.74, 6) is 0.562. The average molecular weight is 377 g/mol. The Morgan fingerprint density at radius 2 is 1.95 bits per heavy atom. The zero-order valence-corrected chi connectivity index (χ0v) is 13.6. The van der Waals surface area contributed by atoms with E-state index in [9.17, 15) is 8.42 Å². The summed E-state index contributed by atoms with van der Waals surface area (Å²) >= 11 is 9.20. The van der Waals surface area contributed by atoms with E-state index < -0.39 is 10.0 Å². The van der Waals surface area contributed by atoms with Crippen molar-refractivity contribution in [2.45, 2.75) is 4.90 Å². The number of methoxy groups -OCH3 is 1. The molecule has 0 aromatic heterocycles. The summed E-state index contributed by atoms with van der Waals surface area (Å²) in [5.41, 5.74) is 0.406. The minimum atomic E-state index is -3.74. The third-order valence-corrected chi connectivity index (χ3v) is 4.86. The lowest BCUT2D eigenvalue weighted by Crippen LogP contribution is -2.13. The Labute approximate surface area is 130 Å². The molecule has 0 unspecified atom stereocenters. The van der Waals surface area contributed by atoms with Gasteiger partial charge in [0, 0.05) is 10.5 Å². The maximum atomic E-state index is 12.3. The quantitative estimate of drug-likeness (QED) is 0.880. The van der Waals surface area contributed by atoms with Gasteiger partial charge in [-0.15, -0.1) is 0 Å². The molecule has 4 nitrogen and oxygen atoms in total. The molecule has 1 N–H and O–H groups in total. The van der Waals surface area contributed by atoms with Crippen molar-refractivity contribution in [2.75, 3.05) is 11.8 Å². The van der Waals surface area contributed by atoms with E-state index in [4.69, 9.17) is 16.3 Å². The second kappa shape index (κ2) is 6.03. The first-order valence-electron chi connectivity index (χ1n) is 5.54. The van der Waals surface area contributed by atoms with Crippen molar-refractivity contribution in [1.82, 2.24) is 0 Å². The molecular formula is C13H11BrClNO3S. The highest BCUT2D eigenvalue weighted by atomic mass is 79.9. The first kappa shape index (κ1) is 15.2. The van der Waals surface area contributed by atoms with E-state index in [0.717, 1.165) is 0 Å². The molecule has 106 valence electrons. The maximum Gasteiger partial charge on any atom is 0.263 e. The summed E-state index contributed by atoms with van der Waals surface area (Å²) in [6.45, 7) is 0. The van der Waals surface area contributed by atoms with Gasteiger partial charge in [-0.2, -0.15) is 0 Å². The number of sulfonamides is 1. The zero-order valence-electron chi connectivity index (χ0n) is 10.4. The highest BCUT2D eigenvalue weighted by molar-refractivity contribution is 9.10. The molecule has 0 atom stereocenters. The smallest absolute Gasteiger partial charge is 0.263 e. The molecule has 2 aromatic rings. The Bertz CT molecular complexity index is 734. The number of rotatable bonds is 4. The van der Waals surface area contributed by atoms with Crippen LogP contribution in [0.4, 0.5) is 5.69 Å². The molecule has 7 heteroatoms. The lowest BCUT2D eigenvalue weighted by atomic mass is 10.3. The second-order valence-corrected chi connectivity index (χ2v) is 6.89. The number of ether oxygens (including phenoxy) is 1. The van der Waals surface area contributed by atoms with Crippen LogP contribution in [-0.4, -0.2) is 15.5 Å². The van der Waals surface area contributed by atoms with Gasteiger partial charge in [-0.25, -0.2) is 8.42 Å². The molecule has 0 radical (unpaired) electrons. The summed E-state index contributed by atoms with van der Waals surface area (Å²) in [4.78, 5) is 0.0187. The Morgan fingerprint density at radius 3 is 2.60 bits per heavy atom. The molecule has 0 aliphatic rings. The van der Waals surface area contributed by atoms with Crippen LogP contribution in [0, 0.1) is 0 Å². The lowest BCUT2D eigenvalue weighted by Gasteiger charge is -2.10. The molecule has 0 spiro atoms. The van der Waals surface area contributed by atoms with Gasteiger partial charge < -0.3 is 4.74 Å². The number of hydrogen-bond acceptors (Lipinski definition) is 3. The number of hydrogen-bond donors (Lipinski definition) is 1. The Kier molecular flexibility index (Phi) is 4.57. The average Bonchev–Trinajstić information content (AvgIpc) is 2.37. The van der Waals surface area contributed by atoms with Crippen molar-refractivity contribution in [3.05, 3.63) is 52.0 Å². The molecule has 0 aliphatic carbocycles. The molecule has 0 fully saturated rings. The van der Waals surface area contributed by atoms with E-state index in [2.05, 4.69) is 20.7 Å². The molecule has 0 heterocycles. The maximum absolute atomic E-state index is 12.3. The fraction of sp³-hybridized carbons (Fsp3) is 0.0769. The van der Waals surface area contributed by atoms with Crippen molar-refractivity contribution in [1.29, 1.82) is 0 Å². The van der Waals surface area contributed by atoms with Crippen molar-refractivity contribution in [2.24, 2.45) is 0 Å². The van der Waals surface area contributed by atoms with Crippen LogP contribution < -0.4 is 9.46 Å². The second-order valence-electron chi connectivity index (χ2n) is 3.91. The van der Waals surface area contributed by atoms with E-state index in [1.165, 1.54) is 19.2 Å². The molecule has 20 heavy (non-hydrogen) atoms. The molecule has 0 saturated heterocycles. The summed E-state index contributed by atoms with van der Waals surface area (Å²) in [5, 5.41) is 0.148. The fourth-order valence-electron chi connectivity index (χ4n) is 1.59. The van der Waals surface area contributed by atoms with Crippen LogP contribution in [0.2, 0.25) is 5.02 Å². The van der Waals surface area contributed by atoms with E-state index in [-0.39, 0.29) is 9.92 Å². The van der Waals surface area contributed by atoms with Crippen LogP contribution in [0.25, 0.3) is 0 Å². The highest BCUT2D eigenvalue weighted by Crippen LogP contribution is 2.27. The third kappa shape index (κ3) is 3.45. The minimum absolute atomic E-state index is 0.0187. The number of nitrogens with one attached hydrogen (secondary N) is 1. The third-order valence-electron chi connectivity index (χ3n) is 2.51. The van der Waals surface area contributed by atoms with Crippen LogP contribution in [0.3, 0.4) is 0 Å². The van der Waals surface area contributed by atoms with Crippen molar-refractivity contribution < 1.29 is 13.2 Å². The first-order valence-corrected chi connectivity index (χ1v) is 8.20. The van der Waals surface area contributed by atoms with Gasteiger partial charge in [-0.1, -0.05) is 33.6 Å². The van der Waals surface area contributed by atoms with E-state index in [1.54, 1.807) is 30.3 Å².